The largest absolute Gasteiger partial charge is 0.357 e. The highest BCUT2D eigenvalue weighted by atomic mass is 32.1. The molecule has 0 radical (unpaired) electrons. The van der Waals surface area contributed by atoms with Crippen molar-refractivity contribution in [2.75, 3.05) is 33.2 Å². The van der Waals surface area contributed by atoms with Crippen molar-refractivity contribution in [3.8, 4) is 0 Å². The third kappa shape index (κ3) is 5.57. The zero-order chi connectivity index (χ0) is 15.8. The summed E-state index contributed by atoms with van der Waals surface area (Å²) in [5.74, 6) is 1.67. The Hall–Kier alpha value is -1.14. The van der Waals surface area contributed by atoms with E-state index >= 15 is 0 Å². The summed E-state index contributed by atoms with van der Waals surface area (Å²) in [5, 5.41) is 7.91. The molecule has 0 atom stereocenters. The van der Waals surface area contributed by atoms with Gasteiger partial charge in [0, 0.05) is 24.2 Å². The Morgan fingerprint density at radius 2 is 2.14 bits per heavy atom. The predicted octanol–water partition coefficient (Wildman–Crippen LogP) is 2.10. The van der Waals surface area contributed by atoms with E-state index < -0.39 is 0 Å². The van der Waals surface area contributed by atoms with Crippen molar-refractivity contribution in [1.82, 2.24) is 20.5 Å². The van der Waals surface area contributed by atoms with Crippen molar-refractivity contribution < 1.29 is 0 Å². The van der Waals surface area contributed by atoms with E-state index in [-0.39, 0.29) is 0 Å². The number of guanidine groups is 1. The van der Waals surface area contributed by atoms with E-state index in [9.17, 15) is 0 Å². The Morgan fingerprint density at radius 3 is 2.77 bits per heavy atom. The van der Waals surface area contributed by atoms with Crippen LogP contribution in [0.5, 0.6) is 0 Å². The number of piperidine rings is 1. The van der Waals surface area contributed by atoms with Crippen molar-refractivity contribution >= 4 is 17.3 Å². The van der Waals surface area contributed by atoms with E-state index in [2.05, 4.69) is 46.4 Å². The van der Waals surface area contributed by atoms with Gasteiger partial charge in [0.05, 0.1) is 6.54 Å². The van der Waals surface area contributed by atoms with Crippen LogP contribution in [0.15, 0.2) is 11.2 Å². The van der Waals surface area contributed by atoms with E-state index in [1.165, 1.54) is 30.8 Å². The average molecular weight is 324 g/mol. The van der Waals surface area contributed by atoms with E-state index in [1.54, 1.807) is 11.3 Å². The Morgan fingerprint density at radius 1 is 1.36 bits per heavy atom. The first-order valence-electron chi connectivity index (χ1n) is 8.35. The Balaban J connectivity index is 1.81. The summed E-state index contributed by atoms with van der Waals surface area (Å²) >= 11 is 1.76. The molecule has 1 aliphatic heterocycles. The molecular weight excluding hydrogens is 294 g/mol. The lowest BCUT2D eigenvalue weighted by Gasteiger charge is -2.29. The molecule has 0 unspecified atom stereocenters. The van der Waals surface area contributed by atoms with Gasteiger partial charge < -0.3 is 15.5 Å². The van der Waals surface area contributed by atoms with Gasteiger partial charge in [0.2, 0.25) is 0 Å². The minimum absolute atomic E-state index is 0.660. The molecule has 0 amide bonds. The first-order chi connectivity index (χ1) is 10.7. The number of hydrogen-bond acceptors (Lipinski definition) is 4. The first-order valence-corrected chi connectivity index (χ1v) is 9.17. The van der Waals surface area contributed by atoms with E-state index in [0.29, 0.717) is 6.54 Å². The fourth-order valence-corrected chi connectivity index (χ4v) is 3.37. The molecule has 22 heavy (non-hydrogen) atoms. The summed E-state index contributed by atoms with van der Waals surface area (Å²) in [4.78, 5) is 12.8. The smallest absolute Gasteiger partial charge is 0.191 e. The van der Waals surface area contributed by atoms with Gasteiger partial charge in [0.25, 0.3) is 0 Å². The molecule has 1 aromatic rings. The minimum Gasteiger partial charge on any atom is -0.357 e. The Labute approximate surface area is 138 Å². The second-order valence-corrected chi connectivity index (χ2v) is 7.10. The highest BCUT2D eigenvalue weighted by Crippen LogP contribution is 2.15. The highest BCUT2D eigenvalue weighted by molar-refractivity contribution is 7.11. The molecule has 0 spiro atoms. The standard InChI is InChI=1S/C16H29N5S/c1-4-14-11-18-15(22-14)12-20-16(17-5-2)19-10-13-6-8-21(3)9-7-13/h11,13H,4-10,12H2,1-3H3,(H2,17,19,20). The van der Waals surface area contributed by atoms with Gasteiger partial charge in [-0.1, -0.05) is 6.92 Å². The third-order valence-corrected chi connectivity index (χ3v) is 5.19. The molecular formula is C16H29N5S. The molecule has 1 aliphatic rings. The van der Waals surface area contributed by atoms with Crippen molar-refractivity contribution in [3.05, 3.63) is 16.1 Å². The summed E-state index contributed by atoms with van der Waals surface area (Å²) in [6.45, 7) is 9.24. The summed E-state index contributed by atoms with van der Waals surface area (Å²) in [7, 11) is 2.20. The van der Waals surface area contributed by atoms with Crippen LogP contribution in [0.25, 0.3) is 0 Å². The number of likely N-dealkylation sites (tertiary alicyclic amines) is 1. The summed E-state index contributed by atoms with van der Waals surface area (Å²) < 4.78 is 0. The number of nitrogens with one attached hydrogen (secondary N) is 2. The Kier molecular flexibility index (Phi) is 7.12. The number of hydrogen-bond donors (Lipinski definition) is 2. The van der Waals surface area contributed by atoms with Gasteiger partial charge in [-0.2, -0.15) is 0 Å². The zero-order valence-corrected chi connectivity index (χ0v) is 14.9. The molecule has 0 aromatic carbocycles. The second kappa shape index (κ2) is 9.10. The summed E-state index contributed by atoms with van der Waals surface area (Å²) in [6, 6.07) is 0. The molecule has 2 N–H and O–H groups in total. The molecule has 1 fully saturated rings. The van der Waals surface area contributed by atoms with E-state index in [1.807, 2.05) is 6.20 Å². The van der Waals surface area contributed by atoms with Gasteiger partial charge in [-0.15, -0.1) is 11.3 Å². The van der Waals surface area contributed by atoms with Crippen molar-refractivity contribution in [1.29, 1.82) is 0 Å². The molecule has 0 aliphatic carbocycles. The van der Waals surface area contributed by atoms with Crippen LogP contribution in [-0.2, 0) is 13.0 Å². The average Bonchev–Trinajstić information content (AvgIpc) is 3.00. The number of aromatic nitrogens is 1. The first kappa shape index (κ1) is 17.2. The molecule has 5 nitrogen and oxygen atoms in total. The number of thiazole rings is 1. The van der Waals surface area contributed by atoms with Crippen molar-refractivity contribution in [3.63, 3.8) is 0 Å². The van der Waals surface area contributed by atoms with Crippen LogP contribution in [0, 0.1) is 5.92 Å². The molecule has 1 aromatic heterocycles. The maximum atomic E-state index is 4.66. The second-order valence-electron chi connectivity index (χ2n) is 5.90. The maximum Gasteiger partial charge on any atom is 0.191 e. The fourth-order valence-electron chi connectivity index (χ4n) is 2.58. The lowest BCUT2D eigenvalue weighted by atomic mass is 9.97. The highest BCUT2D eigenvalue weighted by Gasteiger charge is 2.16. The molecule has 0 saturated carbocycles. The number of nitrogens with zero attached hydrogens (tertiary/aromatic N) is 3. The van der Waals surface area contributed by atoms with E-state index in [4.69, 9.17) is 0 Å². The summed E-state index contributed by atoms with van der Waals surface area (Å²) in [6.07, 6.45) is 5.56. The topological polar surface area (TPSA) is 52.6 Å². The Bertz CT molecular complexity index is 463. The van der Waals surface area contributed by atoms with E-state index in [0.717, 1.165) is 36.4 Å². The van der Waals surface area contributed by atoms with Crippen molar-refractivity contribution in [2.45, 2.75) is 39.7 Å². The monoisotopic (exact) mass is 323 g/mol. The predicted molar refractivity (Wildman–Crippen MR) is 94.5 cm³/mol. The lowest BCUT2D eigenvalue weighted by Crippen LogP contribution is -2.42. The molecule has 2 rings (SSSR count). The number of rotatable bonds is 6. The fraction of sp³-hybridized carbons (Fsp3) is 0.750. The molecule has 0 bridgehead atoms. The zero-order valence-electron chi connectivity index (χ0n) is 14.1. The summed E-state index contributed by atoms with van der Waals surface area (Å²) in [5.41, 5.74) is 0. The third-order valence-electron chi connectivity index (χ3n) is 4.06. The van der Waals surface area contributed by atoms with Crippen LogP contribution in [0.4, 0.5) is 0 Å². The van der Waals surface area contributed by atoms with Gasteiger partial charge in [0.1, 0.15) is 5.01 Å². The molecule has 124 valence electrons. The minimum atomic E-state index is 0.660. The van der Waals surface area contributed by atoms with Crippen LogP contribution in [-0.4, -0.2) is 49.1 Å². The van der Waals surface area contributed by atoms with Crippen LogP contribution in [0.3, 0.4) is 0 Å². The van der Waals surface area contributed by atoms with Crippen LogP contribution in [0.1, 0.15) is 36.6 Å². The van der Waals surface area contributed by atoms with Crippen LogP contribution in [0.2, 0.25) is 0 Å². The van der Waals surface area contributed by atoms with Gasteiger partial charge in [-0.05, 0) is 52.2 Å². The normalized spacial score (nSPS) is 17.7. The van der Waals surface area contributed by atoms with Gasteiger partial charge >= 0.3 is 0 Å². The van der Waals surface area contributed by atoms with Crippen molar-refractivity contribution in [2.24, 2.45) is 10.9 Å². The SMILES string of the molecule is CCNC(=NCc1ncc(CC)s1)NCC1CCN(C)CC1. The maximum absolute atomic E-state index is 4.66. The molecule has 1 saturated heterocycles. The van der Waals surface area contributed by atoms with Gasteiger partial charge in [0.15, 0.2) is 5.96 Å². The van der Waals surface area contributed by atoms with Crippen LogP contribution < -0.4 is 10.6 Å². The van der Waals surface area contributed by atoms with Gasteiger partial charge in [-0.25, -0.2) is 9.98 Å². The molecule has 6 heteroatoms. The number of aryl methyl sites for hydroxylation is 1. The number of aliphatic imine (C=N–C) groups is 1. The van der Waals surface area contributed by atoms with Crippen LogP contribution >= 0.6 is 11.3 Å². The van der Waals surface area contributed by atoms with Gasteiger partial charge in [-0.3, -0.25) is 0 Å². The molecule has 2 heterocycles. The lowest BCUT2D eigenvalue weighted by molar-refractivity contribution is 0.220. The quantitative estimate of drug-likeness (QED) is 0.622.